The monoisotopic (exact) mass is 234 g/mol. The van der Waals surface area contributed by atoms with Crippen LogP contribution in [0.1, 0.15) is 30.4 Å². The van der Waals surface area contributed by atoms with E-state index in [-0.39, 0.29) is 6.61 Å². The Kier molecular flexibility index (Phi) is 3.48. The Morgan fingerprint density at radius 1 is 1.29 bits per heavy atom. The first-order valence-corrected chi connectivity index (χ1v) is 6.09. The fourth-order valence-corrected chi connectivity index (χ4v) is 2.72. The summed E-state index contributed by atoms with van der Waals surface area (Å²) in [7, 11) is 0. The third-order valence-electron chi connectivity index (χ3n) is 3.79. The third-order valence-corrected chi connectivity index (χ3v) is 3.79. The van der Waals surface area contributed by atoms with Gasteiger partial charge in [0.25, 0.3) is 0 Å². The Labute approximate surface area is 101 Å². The highest BCUT2D eigenvalue weighted by Crippen LogP contribution is 2.39. The molecule has 2 rings (SSSR count). The summed E-state index contributed by atoms with van der Waals surface area (Å²) in [5, 5.41) is 18.4. The first-order valence-electron chi connectivity index (χ1n) is 6.09. The fraction of sp³-hybridized carbons (Fsp3) is 0.500. The molecule has 1 atom stereocenters. The van der Waals surface area contributed by atoms with Crippen molar-refractivity contribution in [1.29, 1.82) is 0 Å². The Morgan fingerprint density at radius 2 is 2.00 bits per heavy atom. The van der Waals surface area contributed by atoms with Crippen molar-refractivity contribution >= 4 is 5.97 Å². The van der Waals surface area contributed by atoms with E-state index in [4.69, 9.17) is 5.11 Å². The minimum Gasteiger partial charge on any atom is -0.481 e. The minimum atomic E-state index is -0.722. The summed E-state index contributed by atoms with van der Waals surface area (Å²) >= 11 is 0. The van der Waals surface area contributed by atoms with Crippen molar-refractivity contribution in [3.8, 4) is 0 Å². The molecular weight excluding hydrogens is 216 g/mol. The number of hydrogen-bond donors (Lipinski definition) is 2. The molecule has 0 fully saturated rings. The molecule has 0 saturated heterocycles. The Hall–Kier alpha value is -1.35. The maximum atomic E-state index is 11.5. The summed E-state index contributed by atoms with van der Waals surface area (Å²) in [5.41, 5.74) is 1.75. The summed E-state index contributed by atoms with van der Waals surface area (Å²) in [6.45, 7) is 0.0661. The summed E-state index contributed by atoms with van der Waals surface area (Å²) < 4.78 is 0. The molecule has 1 unspecified atom stereocenters. The molecule has 1 aliphatic rings. The lowest BCUT2D eigenvalue weighted by Crippen LogP contribution is -2.37. The lowest BCUT2D eigenvalue weighted by molar-refractivity contribution is -0.150. The van der Waals surface area contributed by atoms with Crippen LogP contribution in [0.15, 0.2) is 24.3 Å². The van der Waals surface area contributed by atoms with Crippen LogP contribution in [0, 0.1) is 5.41 Å². The van der Waals surface area contributed by atoms with Gasteiger partial charge in [0.2, 0.25) is 0 Å². The highest BCUT2D eigenvalue weighted by Gasteiger charge is 2.40. The molecule has 0 aromatic heterocycles. The standard InChI is InChI=1S/C14H18O3/c15-9-3-7-14(13(16)17)8-6-11-4-1-2-5-12(11)10-14/h1-2,4-5,15H,3,6-10H2,(H,16,17). The van der Waals surface area contributed by atoms with Crippen molar-refractivity contribution in [3.05, 3.63) is 35.4 Å². The van der Waals surface area contributed by atoms with E-state index >= 15 is 0 Å². The number of carboxylic acid groups (broad SMARTS) is 1. The average Bonchev–Trinajstić information content (AvgIpc) is 2.36. The molecule has 1 aliphatic carbocycles. The maximum absolute atomic E-state index is 11.5. The number of fused-ring (bicyclic) bond motifs is 1. The second kappa shape index (κ2) is 4.88. The zero-order valence-electron chi connectivity index (χ0n) is 9.85. The molecule has 2 N–H and O–H groups in total. The van der Waals surface area contributed by atoms with Gasteiger partial charge in [0.05, 0.1) is 5.41 Å². The summed E-state index contributed by atoms with van der Waals surface area (Å²) in [5.74, 6) is -0.722. The van der Waals surface area contributed by atoms with E-state index in [1.54, 1.807) is 0 Å². The second-order valence-corrected chi connectivity index (χ2v) is 4.86. The van der Waals surface area contributed by atoms with Gasteiger partial charge in [-0.15, -0.1) is 0 Å². The van der Waals surface area contributed by atoms with Gasteiger partial charge < -0.3 is 10.2 Å². The van der Waals surface area contributed by atoms with Crippen LogP contribution in [0.5, 0.6) is 0 Å². The lowest BCUT2D eigenvalue weighted by Gasteiger charge is -2.34. The van der Waals surface area contributed by atoms with E-state index < -0.39 is 11.4 Å². The number of carboxylic acids is 1. The molecule has 0 heterocycles. The van der Waals surface area contributed by atoms with Gasteiger partial charge in [-0.1, -0.05) is 24.3 Å². The average molecular weight is 234 g/mol. The highest BCUT2D eigenvalue weighted by atomic mass is 16.4. The van der Waals surface area contributed by atoms with Crippen molar-refractivity contribution in [2.24, 2.45) is 5.41 Å². The van der Waals surface area contributed by atoms with E-state index in [1.165, 1.54) is 5.56 Å². The number of aliphatic hydroxyl groups excluding tert-OH is 1. The molecule has 1 aromatic carbocycles. The quantitative estimate of drug-likeness (QED) is 0.838. The smallest absolute Gasteiger partial charge is 0.309 e. The van der Waals surface area contributed by atoms with Crippen LogP contribution in [0.4, 0.5) is 0 Å². The van der Waals surface area contributed by atoms with Crippen LogP contribution in [-0.2, 0) is 17.6 Å². The van der Waals surface area contributed by atoms with Crippen molar-refractivity contribution < 1.29 is 15.0 Å². The van der Waals surface area contributed by atoms with E-state index in [9.17, 15) is 9.90 Å². The summed E-state index contributed by atoms with van der Waals surface area (Å²) in [4.78, 5) is 11.5. The molecule has 17 heavy (non-hydrogen) atoms. The predicted molar refractivity (Wildman–Crippen MR) is 64.9 cm³/mol. The normalized spacial score (nSPS) is 23.1. The summed E-state index contributed by atoms with van der Waals surface area (Å²) in [6.07, 6.45) is 3.23. The Bertz CT molecular complexity index is 414. The SMILES string of the molecule is O=C(O)C1(CCCO)CCc2ccccc2C1. The van der Waals surface area contributed by atoms with E-state index in [1.807, 2.05) is 18.2 Å². The van der Waals surface area contributed by atoms with Gasteiger partial charge in [-0.2, -0.15) is 0 Å². The van der Waals surface area contributed by atoms with Gasteiger partial charge in [0.1, 0.15) is 0 Å². The predicted octanol–water partition coefficient (Wildman–Crippen LogP) is 2.02. The molecule has 0 bridgehead atoms. The molecule has 0 saturated carbocycles. The lowest BCUT2D eigenvalue weighted by atomic mass is 9.69. The van der Waals surface area contributed by atoms with Gasteiger partial charge in [-0.25, -0.2) is 0 Å². The number of benzene rings is 1. The van der Waals surface area contributed by atoms with Gasteiger partial charge >= 0.3 is 5.97 Å². The van der Waals surface area contributed by atoms with Crippen LogP contribution in [0.25, 0.3) is 0 Å². The van der Waals surface area contributed by atoms with Gasteiger partial charge in [-0.05, 0) is 43.2 Å². The van der Waals surface area contributed by atoms with E-state index in [0.717, 1.165) is 12.0 Å². The number of aliphatic hydroxyl groups is 1. The molecule has 0 amide bonds. The zero-order chi connectivity index (χ0) is 12.3. The third kappa shape index (κ3) is 2.34. The van der Waals surface area contributed by atoms with Gasteiger partial charge in [-0.3, -0.25) is 4.79 Å². The molecule has 3 nitrogen and oxygen atoms in total. The number of carbonyl (C=O) groups is 1. The molecule has 0 aliphatic heterocycles. The number of aliphatic carboxylic acids is 1. The highest BCUT2D eigenvalue weighted by molar-refractivity contribution is 5.75. The van der Waals surface area contributed by atoms with E-state index in [0.29, 0.717) is 25.7 Å². The zero-order valence-corrected chi connectivity index (χ0v) is 9.85. The number of aryl methyl sites for hydroxylation is 1. The number of hydrogen-bond acceptors (Lipinski definition) is 2. The van der Waals surface area contributed by atoms with Crippen LogP contribution in [-0.4, -0.2) is 22.8 Å². The molecule has 1 aromatic rings. The van der Waals surface area contributed by atoms with Crippen LogP contribution >= 0.6 is 0 Å². The van der Waals surface area contributed by atoms with Crippen molar-refractivity contribution in [2.75, 3.05) is 6.61 Å². The molecule has 0 spiro atoms. The second-order valence-electron chi connectivity index (χ2n) is 4.86. The van der Waals surface area contributed by atoms with Crippen LogP contribution < -0.4 is 0 Å². The molecular formula is C14H18O3. The van der Waals surface area contributed by atoms with Crippen molar-refractivity contribution in [1.82, 2.24) is 0 Å². The molecule has 92 valence electrons. The fourth-order valence-electron chi connectivity index (χ4n) is 2.72. The Morgan fingerprint density at radius 3 is 2.65 bits per heavy atom. The topological polar surface area (TPSA) is 57.5 Å². The first kappa shape index (κ1) is 12.1. The first-order chi connectivity index (χ1) is 8.18. The number of rotatable bonds is 4. The van der Waals surface area contributed by atoms with E-state index in [2.05, 4.69) is 6.07 Å². The van der Waals surface area contributed by atoms with Gasteiger partial charge in [0.15, 0.2) is 0 Å². The maximum Gasteiger partial charge on any atom is 0.309 e. The minimum absolute atomic E-state index is 0.0661. The molecule has 0 radical (unpaired) electrons. The van der Waals surface area contributed by atoms with Crippen LogP contribution in [0.2, 0.25) is 0 Å². The molecule has 3 heteroatoms. The van der Waals surface area contributed by atoms with Crippen LogP contribution in [0.3, 0.4) is 0 Å². The van der Waals surface area contributed by atoms with Gasteiger partial charge in [0, 0.05) is 6.61 Å². The largest absolute Gasteiger partial charge is 0.481 e. The summed E-state index contributed by atoms with van der Waals surface area (Å²) in [6, 6.07) is 8.06. The Balaban J connectivity index is 2.24. The van der Waals surface area contributed by atoms with Crippen molar-refractivity contribution in [2.45, 2.75) is 32.1 Å². The van der Waals surface area contributed by atoms with Crippen molar-refractivity contribution in [3.63, 3.8) is 0 Å².